The molecule has 0 radical (unpaired) electrons. The second kappa shape index (κ2) is 9.32. The van der Waals surface area contributed by atoms with Crippen LogP contribution in [-0.2, 0) is 13.1 Å². The van der Waals surface area contributed by atoms with Gasteiger partial charge in [0.25, 0.3) is 0 Å². The first kappa shape index (κ1) is 19.8. The summed E-state index contributed by atoms with van der Waals surface area (Å²) in [6.45, 7) is 3.54. The van der Waals surface area contributed by atoms with Gasteiger partial charge in [0.2, 0.25) is 0 Å². The van der Waals surface area contributed by atoms with Crippen LogP contribution in [0.15, 0.2) is 60.4 Å². The Morgan fingerprint density at radius 1 is 0.968 bits per heavy atom. The van der Waals surface area contributed by atoms with Crippen molar-refractivity contribution in [3.05, 3.63) is 77.5 Å². The molecule has 0 aliphatic carbocycles. The maximum atomic E-state index is 4.83. The number of likely N-dealkylation sites (tertiary alicyclic amines) is 1. The number of piperidine rings is 1. The van der Waals surface area contributed by atoms with Crippen LogP contribution in [0.1, 0.15) is 35.8 Å². The summed E-state index contributed by atoms with van der Waals surface area (Å²) in [5.41, 5.74) is 3.14. The van der Waals surface area contributed by atoms with E-state index < -0.39 is 0 Å². The third-order valence-electron chi connectivity index (χ3n) is 5.47. The van der Waals surface area contributed by atoms with Crippen molar-refractivity contribution in [1.82, 2.24) is 34.8 Å². The minimum Gasteiger partial charge on any atom is -0.316 e. The number of hydrogen-bond acceptors (Lipinski definition) is 8. The van der Waals surface area contributed by atoms with E-state index in [2.05, 4.69) is 42.6 Å². The smallest absolute Gasteiger partial charge is 0.188 e. The number of nitrogens with one attached hydrogen (secondary N) is 1. The minimum atomic E-state index is 0.481. The summed E-state index contributed by atoms with van der Waals surface area (Å²) in [4.78, 5) is 15.9. The van der Waals surface area contributed by atoms with Crippen molar-refractivity contribution in [2.24, 2.45) is 0 Å². The lowest BCUT2D eigenvalue weighted by Crippen LogP contribution is -2.32. The number of pyridine rings is 2. The molecular weight excluding hydrogens is 408 g/mol. The maximum absolute atomic E-state index is 4.83. The van der Waals surface area contributed by atoms with E-state index in [0.29, 0.717) is 12.5 Å². The molecule has 0 spiro atoms. The highest BCUT2D eigenvalue weighted by Gasteiger charge is 2.22. The number of nitrogens with zero attached hydrogens (tertiary/aromatic N) is 7. The van der Waals surface area contributed by atoms with Crippen LogP contribution in [0.25, 0.3) is 0 Å². The van der Waals surface area contributed by atoms with E-state index in [-0.39, 0.29) is 0 Å². The Morgan fingerprint density at radius 3 is 2.71 bits per heavy atom. The zero-order valence-corrected chi connectivity index (χ0v) is 17.9. The summed E-state index contributed by atoms with van der Waals surface area (Å²) in [5, 5.41) is 14.7. The van der Waals surface area contributed by atoms with Crippen molar-refractivity contribution in [3.63, 3.8) is 0 Å². The van der Waals surface area contributed by atoms with Crippen LogP contribution in [0, 0.1) is 0 Å². The Balaban J connectivity index is 1.14. The lowest BCUT2D eigenvalue weighted by Gasteiger charge is -2.31. The highest BCUT2D eigenvalue weighted by atomic mass is 32.1. The highest BCUT2D eigenvalue weighted by Crippen LogP contribution is 2.28. The second-order valence-corrected chi connectivity index (χ2v) is 8.58. The van der Waals surface area contributed by atoms with Gasteiger partial charge >= 0.3 is 0 Å². The molecule has 5 rings (SSSR count). The van der Waals surface area contributed by atoms with Gasteiger partial charge in [-0.05, 0) is 50.2 Å². The molecule has 158 valence electrons. The summed E-state index contributed by atoms with van der Waals surface area (Å²) < 4.78 is 1.86. The van der Waals surface area contributed by atoms with E-state index in [9.17, 15) is 0 Å². The summed E-state index contributed by atoms with van der Waals surface area (Å²) in [6.07, 6.45) is 7.81. The molecule has 1 aliphatic rings. The number of hydrogen-bond donors (Lipinski definition) is 1. The zero-order chi connectivity index (χ0) is 20.9. The van der Waals surface area contributed by atoms with Crippen LogP contribution in [0.5, 0.6) is 0 Å². The lowest BCUT2D eigenvalue weighted by molar-refractivity contribution is 0.201. The zero-order valence-electron chi connectivity index (χ0n) is 17.1. The van der Waals surface area contributed by atoms with Gasteiger partial charge in [0, 0.05) is 35.9 Å². The summed E-state index contributed by atoms with van der Waals surface area (Å²) in [7, 11) is 0. The molecule has 0 saturated carbocycles. The van der Waals surface area contributed by atoms with E-state index in [0.717, 1.165) is 60.5 Å². The molecule has 4 aromatic rings. The van der Waals surface area contributed by atoms with Crippen LogP contribution in [0.3, 0.4) is 0 Å². The van der Waals surface area contributed by atoms with Crippen LogP contribution in [0.4, 0.5) is 10.9 Å². The molecule has 4 aromatic heterocycles. The van der Waals surface area contributed by atoms with Gasteiger partial charge in [-0.1, -0.05) is 17.3 Å². The van der Waals surface area contributed by atoms with Gasteiger partial charge in [0.05, 0.1) is 24.1 Å². The molecular formula is C22H24N8S. The molecule has 5 heterocycles. The van der Waals surface area contributed by atoms with Crippen LogP contribution in [-0.4, -0.2) is 47.9 Å². The summed E-state index contributed by atoms with van der Waals surface area (Å²) >= 11 is 1.58. The standard InChI is InChI=1S/C22H24N8S/c1-2-9-23-18(4-1)15-30-16-19(27-28-30)14-29-11-7-17(8-12-29)20-5-3-6-21(25-20)26-22-24-10-13-31-22/h1-6,9-10,13,16-17H,7-8,11-12,14-15H2,(H,24,25,26). The number of rotatable bonds is 7. The first-order valence-corrected chi connectivity index (χ1v) is 11.3. The van der Waals surface area contributed by atoms with E-state index in [1.54, 1.807) is 23.7 Å². The molecule has 0 atom stereocenters. The normalized spacial score (nSPS) is 15.2. The number of aromatic nitrogens is 6. The Hall–Kier alpha value is -3.17. The summed E-state index contributed by atoms with van der Waals surface area (Å²) in [5.74, 6) is 1.34. The third kappa shape index (κ3) is 5.12. The fourth-order valence-electron chi connectivity index (χ4n) is 3.91. The van der Waals surface area contributed by atoms with Gasteiger partial charge in [-0.15, -0.1) is 16.4 Å². The van der Waals surface area contributed by atoms with Crippen molar-refractivity contribution >= 4 is 22.3 Å². The molecule has 1 N–H and O–H groups in total. The van der Waals surface area contributed by atoms with Crippen molar-refractivity contribution in [3.8, 4) is 0 Å². The molecule has 1 fully saturated rings. The lowest BCUT2D eigenvalue weighted by atomic mass is 9.93. The highest BCUT2D eigenvalue weighted by molar-refractivity contribution is 7.13. The summed E-state index contributed by atoms with van der Waals surface area (Å²) in [6, 6.07) is 12.1. The van der Waals surface area contributed by atoms with Gasteiger partial charge in [0.15, 0.2) is 5.13 Å². The fourth-order valence-corrected chi connectivity index (χ4v) is 4.44. The number of anilines is 2. The second-order valence-electron chi connectivity index (χ2n) is 7.69. The molecule has 0 unspecified atom stereocenters. The molecule has 31 heavy (non-hydrogen) atoms. The van der Waals surface area contributed by atoms with Gasteiger partial charge in [-0.2, -0.15) is 0 Å². The van der Waals surface area contributed by atoms with E-state index in [4.69, 9.17) is 4.98 Å². The van der Waals surface area contributed by atoms with Gasteiger partial charge in [-0.3, -0.25) is 9.88 Å². The molecule has 0 aromatic carbocycles. The average Bonchev–Trinajstić information content (AvgIpc) is 3.47. The Kier molecular flexibility index (Phi) is 5.94. The first-order chi connectivity index (χ1) is 15.3. The monoisotopic (exact) mass is 432 g/mol. The first-order valence-electron chi connectivity index (χ1n) is 10.5. The van der Waals surface area contributed by atoms with E-state index in [1.807, 2.05) is 40.5 Å². The van der Waals surface area contributed by atoms with Gasteiger partial charge in [0.1, 0.15) is 5.82 Å². The molecule has 0 bridgehead atoms. The van der Waals surface area contributed by atoms with Crippen molar-refractivity contribution < 1.29 is 0 Å². The Morgan fingerprint density at radius 2 is 1.90 bits per heavy atom. The SMILES string of the molecule is c1ccc(Cn2cc(CN3CCC(c4cccc(Nc5nccs5)n4)CC3)nn2)nc1. The van der Waals surface area contributed by atoms with Crippen molar-refractivity contribution in [2.75, 3.05) is 18.4 Å². The average molecular weight is 433 g/mol. The molecule has 9 heteroatoms. The minimum absolute atomic E-state index is 0.481. The Labute approximate surface area is 185 Å². The van der Waals surface area contributed by atoms with Crippen LogP contribution >= 0.6 is 11.3 Å². The molecule has 1 aliphatic heterocycles. The van der Waals surface area contributed by atoms with Gasteiger partial charge < -0.3 is 5.32 Å². The predicted octanol–water partition coefficient (Wildman–Crippen LogP) is 3.70. The molecule has 0 amide bonds. The number of thiazole rings is 1. The Bertz CT molecular complexity index is 1090. The van der Waals surface area contributed by atoms with Crippen LogP contribution in [0.2, 0.25) is 0 Å². The predicted molar refractivity (Wildman–Crippen MR) is 120 cm³/mol. The largest absolute Gasteiger partial charge is 0.316 e. The van der Waals surface area contributed by atoms with Crippen molar-refractivity contribution in [1.29, 1.82) is 0 Å². The fraction of sp³-hybridized carbons (Fsp3) is 0.318. The third-order valence-corrected chi connectivity index (χ3v) is 6.15. The van der Waals surface area contributed by atoms with Crippen LogP contribution < -0.4 is 5.32 Å². The maximum Gasteiger partial charge on any atom is 0.188 e. The van der Waals surface area contributed by atoms with E-state index >= 15 is 0 Å². The quantitative estimate of drug-likeness (QED) is 0.477. The van der Waals surface area contributed by atoms with Crippen molar-refractivity contribution in [2.45, 2.75) is 31.8 Å². The van der Waals surface area contributed by atoms with Gasteiger partial charge in [-0.25, -0.2) is 14.6 Å². The van der Waals surface area contributed by atoms with E-state index in [1.165, 1.54) is 0 Å². The molecule has 8 nitrogen and oxygen atoms in total. The topological polar surface area (TPSA) is 84.7 Å². The molecule has 1 saturated heterocycles.